The maximum absolute atomic E-state index is 14.2. The van der Waals surface area contributed by atoms with E-state index in [2.05, 4.69) is 34.5 Å². The number of benzene rings is 3. The highest BCUT2D eigenvalue weighted by Gasteiger charge is 2.42. The van der Waals surface area contributed by atoms with Gasteiger partial charge in [-0.1, -0.05) is 90.8 Å². The van der Waals surface area contributed by atoms with Crippen molar-refractivity contribution < 1.29 is 19.4 Å². The molecule has 0 aliphatic carbocycles. The van der Waals surface area contributed by atoms with E-state index in [-0.39, 0.29) is 18.4 Å². The number of amides is 1. The van der Waals surface area contributed by atoms with E-state index in [1.165, 1.54) is 30.4 Å². The third-order valence-electron chi connectivity index (χ3n) is 8.80. The van der Waals surface area contributed by atoms with Crippen molar-refractivity contribution in [2.24, 2.45) is 10.9 Å². The molecule has 0 aromatic heterocycles. The normalized spacial score (nSPS) is 19.0. The first-order valence-corrected chi connectivity index (χ1v) is 16.2. The number of nitrogens with zero attached hydrogens (tertiary/aromatic N) is 2. The van der Waals surface area contributed by atoms with E-state index in [1.807, 2.05) is 42.5 Å². The minimum atomic E-state index is -1.04. The number of carbonyl (C=O) groups is 2. The third kappa shape index (κ3) is 8.48. The number of likely N-dealkylation sites (tertiary alicyclic amines) is 1. The van der Waals surface area contributed by atoms with E-state index in [1.54, 1.807) is 25.1 Å². The van der Waals surface area contributed by atoms with Crippen LogP contribution in [0.4, 0.5) is 0 Å². The fourth-order valence-electron chi connectivity index (χ4n) is 6.56. The van der Waals surface area contributed by atoms with Crippen molar-refractivity contribution in [1.82, 2.24) is 10.2 Å². The van der Waals surface area contributed by atoms with Crippen LogP contribution in [-0.2, 0) is 14.3 Å². The predicted octanol–water partition coefficient (Wildman–Crippen LogP) is 6.69. The molecule has 236 valence electrons. The number of carbonyl (C=O) groups excluding carboxylic acids is 1. The second kappa shape index (κ2) is 16.0. The SMILES string of the molecule is CC1=NC(COCCN2CCCCC2)=C(C(=O)NCCC(c2ccccc2)c2ccccc2)C(c2cccc(Cl)c2)C1C(=O)O. The van der Waals surface area contributed by atoms with E-state index in [0.717, 1.165) is 19.6 Å². The van der Waals surface area contributed by atoms with Gasteiger partial charge in [-0.05, 0) is 68.1 Å². The van der Waals surface area contributed by atoms with Crippen molar-refractivity contribution in [2.45, 2.75) is 44.4 Å². The van der Waals surface area contributed by atoms with Crippen LogP contribution in [0.5, 0.6) is 0 Å². The van der Waals surface area contributed by atoms with E-state index < -0.39 is 17.8 Å². The zero-order chi connectivity index (χ0) is 31.6. The van der Waals surface area contributed by atoms with Crippen LogP contribution >= 0.6 is 11.6 Å². The van der Waals surface area contributed by atoms with Gasteiger partial charge in [0.2, 0.25) is 5.91 Å². The van der Waals surface area contributed by atoms with Crippen LogP contribution in [0, 0.1) is 5.92 Å². The summed E-state index contributed by atoms with van der Waals surface area (Å²) in [5, 5.41) is 14.0. The summed E-state index contributed by atoms with van der Waals surface area (Å²) >= 11 is 6.38. The number of aliphatic imine (C=N–C) groups is 1. The Hall–Kier alpha value is -3.78. The van der Waals surface area contributed by atoms with Crippen molar-refractivity contribution in [1.29, 1.82) is 0 Å². The number of aliphatic carboxylic acids is 1. The fourth-order valence-corrected chi connectivity index (χ4v) is 6.76. The van der Waals surface area contributed by atoms with Gasteiger partial charge in [0.1, 0.15) is 5.92 Å². The number of rotatable bonds is 13. The van der Waals surface area contributed by atoms with Crippen molar-refractivity contribution in [3.05, 3.63) is 118 Å². The van der Waals surface area contributed by atoms with Gasteiger partial charge in [0.25, 0.3) is 0 Å². The average molecular weight is 628 g/mol. The molecule has 7 nitrogen and oxygen atoms in total. The second-order valence-electron chi connectivity index (χ2n) is 11.8. The number of hydrogen-bond acceptors (Lipinski definition) is 5. The molecule has 1 fully saturated rings. The standard InChI is InChI=1S/C37H42ClN3O4/c1-26-33(37(43)44)34(29-16-11-17-30(38)24-29)35(32(40-26)25-45-23-22-41-20-9-4-10-21-41)36(42)39-19-18-31(27-12-5-2-6-13-27)28-14-7-3-8-15-28/h2-3,5-8,11-17,24,31,33-34H,4,9-10,18-23,25H2,1H3,(H,39,42)(H,43,44). The molecule has 2 atom stereocenters. The van der Waals surface area contributed by atoms with Gasteiger partial charge < -0.3 is 20.1 Å². The van der Waals surface area contributed by atoms with Crippen molar-refractivity contribution in [2.75, 3.05) is 39.4 Å². The number of hydrogen-bond donors (Lipinski definition) is 2. The summed E-state index contributed by atoms with van der Waals surface area (Å²) in [7, 11) is 0. The molecule has 2 aliphatic rings. The van der Waals surface area contributed by atoms with Gasteiger partial charge in [-0.2, -0.15) is 0 Å². The number of piperidine rings is 1. The molecule has 3 aromatic rings. The number of carboxylic acid groups (broad SMARTS) is 1. The smallest absolute Gasteiger partial charge is 0.313 e. The highest BCUT2D eigenvalue weighted by Crippen LogP contribution is 2.40. The average Bonchev–Trinajstić information content (AvgIpc) is 3.05. The summed E-state index contributed by atoms with van der Waals surface area (Å²) in [6.07, 6.45) is 4.34. The Morgan fingerprint density at radius 1 is 0.978 bits per heavy atom. The molecular weight excluding hydrogens is 586 g/mol. The highest BCUT2D eigenvalue weighted by atomic mass is 35.5. The van der Waals surface area contributed by atoms with Crippen LogP contribution in [0.15, 0.2) is 101 Å². The summed E-state index contributed by atoms with van der Waals surface area (Å²) in [5.41, 5.74) is 4.22. The molecule has 45 heavy (non-hydrogen) atoms. The molecular formula is C37H42ClN3O4. The van der Waals surface area contributed by atoms with E-state index in [9.17, 15) is 14.7 Å². The molecule has 0 radical (unpaired) electrons. The van der Waals surface area contributed by atoms with Gasteiger partial charge in [-0.15, -0.1) is 0 Å². The summed E-state index contributed by atoms with van der Waals surface area (Å²) < 4.78 is 6.11. The van der Waals surface area contributed by atoms with Crippen LogP contribution in [-0.4, -0.2) is 67.0 Å². The highest BCUT2D eigenvalue weighted by molar-refractivity contribution is 6.30. The number of carboxylic acids is 1. The fraction of sp³-hybridized carbons (Fsp3) is 0.378. The monoisotopic (exact) mass is 627 g/mol. The second-order valence-corrected chi connectivity index (χ2v) is 12.3. The van der Waals surface area contributed by atoms with Crippen LogP contribution in [0.25, 0.3) is 0 Å². The number of halogens is 1. The molecule has 1 saturated heterocycles. The number of ether oxygens (including phenoxy) is 1. The quantitative estimate of drug-likeness (QED) is 0.206. The van der Waals surface area contributed by atoms with Gasteiger partial charge in [-0.25, -0.2) is 0 Å². The van der Waals surface area contributed by atoms with Crippen LogP contribution in [0.3, 0.4) is 0 Å². The molecule has 0 bridgehead atoms. The minimum Gasteiger partial charge on any atom is -0.481 e. The van der Waals surface area contributed by atoms with Gasteiger partial charge in [-0.3, -0.25) is 14.6 Å². The Labute approximate surface area is 271 Å². The predicted molar refractivity (Wildman–Crippen MR) is 179 cm³/mol. The van der Waals surface area contributed by atoms with Gasteiger partial charge in [0.05, 0.1) is 18.9 Å². The first-order valence-electron chi connectivity index (χ1n) is 15.9. The Kier molecular flexibility index (Phi) is 11.6. The van der Waals surface area contributed by atoms with Gasteiger partial charge in [0, 0.05) is 41.2 Å². The summed E-state index contributed by atoms with van der Waals surface area (Å²) in [6.45, 7) is 5.68. The lowest BCUT2D eigenvalue weighted by Crippen LogP contribution is -2.39. The Morgan fingerprint density at radius 3 is 2.27 bits per heavy atom. The molecule has 2 aliphatic heterocycles. The van der Waals surface area contributed by atoms with Crippen LogP contribution in [0.1, 0.15) is 61.1 Å². The van der Waals surface area contributed by atoms with Gasteiger partial charge >= 0.3 is 5.97 Å². The molecule has 1 amide bonds. The molecule has 3 aromatic carbocycles. The molecule has 2 heterocycles. The van der Waals surface area contributed by atoms with Crippen molar-refractivity contribution >= 4 is 29.2 Å². The van der Waals surface area contributed by atoms with Crippen molar-refractivity contribution in [3.63, 3.8) is 0 Å². The zero-order valence-electron chi connectivity index (χ0n) is 25.8. The lowest BCUT2D eigenvalue weighted by molar-refractivity contribution is -0.139. The molecule has 0 spiro atoms. The topological polar surface area (TPSA) is 91.2 Å². The minimum absolute atomic E-state index is 0.0846. The molecule has 8 heteroatoms. The largest absolute Gasteiger partial charge is 0.481 e. The Morgan fingerprint density at radius 2 is 1.64 bits per heavy atom. The summed E-state index contributed by atoms with van der Waals surface area (Å²) in [4.78, 5) is 33.9. The Bertz CT molecular complexity index is 1460. The van der Waals surface area contributed by atoms with Crippen LogP contribution < -0.4 is 5.32 Å². The maximum atomic E-state index is 14.2. The van der Waals surface area contributed by atoms with E-state index >= 15 is 0 Å². The molecule has 5 rings (SSSR count). The zero-order valence-corrected chi connectivity index (χ0v) is 26.6. The first kappa shape index (κ1) is 32.6. The van der Waals surface area contributed by atoms with Crippen LogP contribution in [0.2, 0.25) is 5.02 Å². The molecule has 2 N–H and O–H groups in total. The van der Waals surface area contributed by atoms with E-state index in [4.69, 9.17) is 21.3 Å². The Balaban J connectivity index is 1.40. The lowest BCUT2D eigenvalue weighted by Gasteiger charge is -2.32. The molecule has 2 unspecified atom stereocenters. The van der Waals surface area contributed by atoms with E-state index in [0.29, 0.717) is 47.1 Å². The first-order chi connectivity index (χ1) is 21.9. The summed E-state index contributed by atoms with van der Waals surface area (Å²) in [5.74, 6) is -3.07. The molecule has 0 saturated carbocycles. The van der Waals surface area contributed by atoms with Crippen molar-refractivity contribution in [3.8, 4) is 0 Å². The lowest BCUT2D eigenvalue weighted by atomic mass is 9.75. The summed E-state index contributed by atoms with van der Waals surface area (Å²) in [6, 6.07) is 27.6. The number of nitrogens with one attached hydrogen (secondary N) is 1. The maximum Gasteiger partial charge on any atom is 0.313 e. The third-order valence-corrected chi connectivity index (χ3v) is 9.03. The van der Waals surface area contributed by atoms with Gasteiger partial charge in [0.15, 0.2) is 0 Å².